The first-order valence-electron chi connectivity index (χ1n) is 7.78. The van der Waals surface area contributed by atoms with E-state index in [0.29, 0.717) is 35.0 Å². The predicted molar refractivity (Wildman–Crippen MR) is 72.0 cm³/mol. The summed E-state index contributed by atoms with van der Waals surface area (Å²) >= 11 is 0. The number of imidazole rings is 2. The first kappa shape index (κ1) is 7.74. The van der Waals surface area contributed by atoms with Gasteiger partial charge in [0.1, 0.15) is 5.69 Å². The highest BCUT2D eigenvalue weighted by molar-refractivity contribution is 5.76. The summed E-state index contributed by atoms with van der Waals surface area (Å²) in [4.78, 5) is 8.95. The highest BCUT2D eigenvalue weighted by Gasteiger charge is 2.34. The number of aromatic nitrogens is 6. The molecule has 0 N–H and O–H groups in total. The van der Waals surface area contributed by atoms with E-state index in [2.05, 4.69) is 15.1 Å². The largest absolute Gasteiger partial charge is 0.314 e. The Morgan fingerprint density at radius 3 is 3.20 bits per heavy atom. The number of pyridine rings is 1. The molecule has 5 heterocycles. The maximum Gasteiger partial charge on any atom is 0.314 e. The molecule has 0 aromatic carbocycles. The van der Waals surface area contributed by atoms with Gasteiger partial charge in [-0.25, -0.2) is 14.1 Å². The Morgan fingerprint density at radius 2 is 2.25 bits per heavy atom. The van der Waals surface area contributed by atoms with E-state index in [9.17, 15) is 0 Å². The molecule has 0 saturated heterocycles. The Bertz CT molecular complexity index is 1090. The molecule has 0 unspecified atom stereocenters. The molecule has 4 aromatic rings. The number of rotatable bonds is 0. The van der Waals surface area contributed by atoms with Crippen molar-refractivity contribution in [3.63, 3.8) is 0 Å². The van der Waals surface area contributed by atoms with Crippen molar-refractivity contribution in [2.45, 2.75) is 6.54 Å². The first-order chi connectivity index (χ1) is 11.1. The minimum atomic E-state index is -2.36. The minimum absolute atomic E-state index is 0.465. The number of fused-ring (bicyclic) bond motifs is 7. The molecular formula is C14H11N6+. The van der Waals surface area contributed by atoms with E-state index < -0.39 is 6.98 Å². The molecule has 0 radical (unpaired) electrons. The molecule has 0 saturated carbocycles. The quantitative estimate of drug-likeness (QED) is 0.392. The van der Waals surface area contributed by atoms with Crippen LogP contribution < -0.4 is 4.57 Å². The second-order valence-corrected chi connectivity index (χ2v) is 4.81. The standard InChI is InChI=1S/C14H11N6/c1-18-13-11-9(4-2-6-15-11)8-19(13)12-14(18)20-10(17-12)5-3-7-16-20/h2-7H,8H2,1H3/q+1/i1D3. The summed E-state index contributed by atoms with van der Waals surface area (Å²) in [5.74, 6) is 0.554. The van der Waals surface area contributed by atoms with Gasteiger partial charge >= 0.3 is 5.65 Å². The zero-order chi connectivity index (χ0) is 15.8. The molecule has 0 atom stereocenters. The Balaban J connectivity index is 2.01. The fourth-order valence-electron chi connectivity index (χ4n) is 2.88. The Morgan fingerprint density at radius 1 is 1.30 bits per heavy atom. The fraction of sp³-hybridized carbons (Fsp3) is 0.143. The zero-order valence-electron chi connectivity index (χ0n) is 13.4. The third-order valence-corrected chi connectivity index (χ3v) is 3.72. The molecule has 0 fully saturated rings. The van der Waals surface area contributed by atoms with Gasteiger partial charge in [0.05, 0.1) is 23.8 Å². The van der Waals surface area contributed by atoms with Gasteiger partial charge in [-0.1, -0.05) is 6.07 Å². The molecule has 1 aliphatic rings. The predicted octanol–water partition coefficient (Wildman–Crippen LogP) is 0.932. The lowest BCUT2D eigenvalue weighted by molar-refractivity contribution is -0.636. The second kappa shape index (κ2) is 3.22. The lowest BCUT2D eigenvalue weighted by atomic mass is 10.2. The van der Waals surface area contributed by atoms with E-state index in [0.717, 1.165) is 5.56 Å². The van der Waals surface area contributed by atoms with Crippen LogP contribution in [-0.2, 0) is 13.5 Å². The number of hydrogen-bond acceptors (Lipinski definition) is 3. The number of aryl methyl sites for hydroxylation is 1. The molecule has 0 aliphatic carbocycles. The van der Waals surface area contributed by atoms with E-state index in [1.807, 2.05) is 22.8 Å². The maximum absolute atomic E-state index is 7.98. The second-order valence-electron chi connectivity index (χ2n) is 4.81. The van der Waals surface area contributed by atoms with Crippen LogP contribution in [0.25, 0.3) is 28.5 Å². The molecule has 20 heavy (non-hydrogen) atoms. The summed E-state index contributed by atoms with van der Waals surface area (Å²) in [6.45, 7) is -1.80. The van der Waals surface area contributed by atoms with Crippen LogP contribution in [0.5, 0.6) is 0 Å². The van der Waals surface area contributed by atoms with Crippen LogP contribution >= 0.6 is 0 Å². The van der Waals surface area contributed by atoms with Gasteiger partial charge in [-0.3, -0.25) is 0 Å². The minimum Gasteiger partial charge on any atom is -0.249 e. The van der Waals surface area contributed by atoms with Crippen molar-refractivity contribution < 1.29 is 8.68 Å². The molecule has 1 aliphatic heterocycles. The van der Waals surface area contributed by atoms with Gasteiger partial charge in [0, 0.05) is 17.8 Å². The highest BCUT2D eigenvalue weighted by Crippen LogP contribution is 2.31. The van der Waals surface area contributed by atoms with E-state index >= 15 is 0 Å². The summed E-state index contributed by atoms with van der Waals surface area (Å²) in [5.41, 5.74) is 3.37. The van der Waals surface area contributed by atoms with Crippen LogP contribution in [0.4, 0.5) is 0 Å². The molecular weight excluding hydrogens is 252 g/mol. The maximum atomic E-state index is 7.98. The molecule has 0 spiro atoms. The van der Waals surface area contributed by atoms with Crippen molar-refractivity contribution in [1.29, 1.82) is 0 Å². The number of nitrogens with zero attached hydrogens (tertiary/aromatic N) is 6. The van der Waals surface area contributed by atoms with Crippen LogP contribution in [0, 0.1) is 0 Å². The van der Waals surface area contributed by atoms with Gasteiger partial charge in [0.2, 0.25) is 5.65 Å². The molecule has 0 bridgehead atoms. The van der Waals surface area contributed by atoms with E-state index in [1.165, 1.54) is 4.57 Å². The molecule has 0 amide bonds. The lowest BCUT2D eigenvalue weighted by Crippen LogP contribution is -2.31. The third kappa shape index (κ3) is 1.01. The van der Waals surface area contributed by atoms with Crippen molar-refractivity contribution in [2.75, 3.05) is 0 Å². The first-order valence-corrected chi connectivity index (χ1v) is 6.28. The summed E-state index contributed by atoms with van der Waals surface area (Å²) in [6.07, 6.45) is 3.29. The van der Waals surface area contributed by atoms with Crippen molar-refractivity contribution in [3.8, 4) is 11.5 Å². The van der Waals surface area contributed by atoms with Crippen LogP contribution in [-0.4, -0.2) is 24.1 Å². The van der Waals surface area contributed by atoms with Gasteiger partial charge in [-0.2, -0.15) is 4.98 Å². The third-order valence-electron chi connectivity index (χ3n) is 3.72. The van der Waals surface area contributed by atoms with E-state index in [-0.39, 0.29) is 0 Å². The van der Waals surface area contributed by atoms with Crippen molar-refractivity contribution in [1.82, 2.24) is 24.1 Å². The molecule has 4 aromatic heterocycles. The van der Waals surface area contributed by atoms with Crippen LogP contribution in [0.1, 0.15) is 9.68 Å². The van der Waals surface area contributed by atoms with Crippen LogP contribution in [0.3, 0.4) is 0 Å². The van der Waals surface area contributed by atoms with Crippen LogP contribution in [0.15, 0.2) is 36.7 Å². The summed E-state index contributed by atoms with van der Waals surface area (Å²) in [6, 6.07) is 7.40. The Hall–Kier alpha value is -2.76. The monoisotopic (exact) mass is 266 g/mol. The SMILES string of the molecule is [2H]C([2H])([2H])[n+]1c2n(c3nc4cccnn4c31)Cc1cccnc1-2. The van der Waals surface area contributed by atoms with Gasteiger partial charge in [-0.15, -0.1) is 9.61 Å². The number of hydrogen-bond donors (Lipinski definition) is 0. The highest BCUT2D eigenvalue weighted by atomic mass is 15.4. The zero-order valence-corrected chi connectivity index (χ0v) is 10.4. The average Bonchev–Trinajstić information content (AvgIpc) is 3.13. The summed E-state index contributed by atoms with van der Waals surface area (Å²) < 4.78 is 28.7. The molecule has 96 valence electrons. The van der Waals surface area contributed by atoms with Crippen molar-refractivity contribution in [2.24, 2.45) is 6.98 Å². The average molecular weight is 266 g/mol. The van der Waals surface area contributed by atoms with Crippen molar-refractivity contribution >= 4 is 16.9 Å². The molecule has 5 rings (SSSR count). The summed E-state index contributed by atoms with van der Waals surface area (Å²) in [5, 5.41) is 4.26. The van der Waals surface area contributed by atoms with Crippen LogP contribution in [0.2, 0.25) is 0 Å². The van der Waals surface area contributed by atoms with E-state index in [1.54, 1.807) is 23.0 Å². The normalized spacial score (nSPS) is 15.9. The van der Waals surface area contributed by atoms with Gasteiger partial charge in [-0.05, 0) is 12.1 Å². The Kier molecular flexibility index (Phi) is 1.24. The smallest absolute Gasteiger partial charge is 0.249 e. The van der Waals surface area contributed by atoms with Gasteiger partial charge in [0.25, 0.3) is 11.5 Å². The topological polar surface area (TPSA) is 51.9 Å². The van der Waals surface area contributed by atoms with Gasteiger partial charge < -0.3 is 0 Å². The summed E-state index contributed by atoms with van der Waals surface area (Å²) in [7, 11) is 0. The molecule has 6 heteroatoms. The molecule has 6 nitrogen and oxygen atoms in total. The van der Waals surface area contributed by atoms with E-state index in [4.69, 9.17) is 4.11 Å². The fourth-order valence-corrected chi connectivity index (χ4v) is 2.88. The Labute approximate surface area is 118 Å². The van der Waals surface area contributed by atoms with Crippen molar-refractivity contribution in [3.05, 3.63) is 42.2 Å². The lowest BCUT2D eigenvalue weighted by Gasteiger charge is -1.95. The van der Waals surface area contributed by atoms with Gasteiger partial charge in [0.15, 0.2) is 0 Å².